The van der Waals surface area contributed by atoms with E-state index in [0.717, 1.165) is 51.4 Å². The van der Waals surface area contributed by atoms with Gasteiger partial charge in [0.05, 0.1) is 40.3 Å². The van der Waals surface area contributed by atoms with Crippen LogP contribution in [-0.2, 0) is 28.6 Å². The van der Waals surface area contributed by atoms with Crippen LogP contribution in [-0.4, -0.2) is 75.5 Å². The smallest absolute Gasteiger partial charge is 0.306 e. The number of ether oxygens (including phenoxy) is 3. The van der Waals surface area contributed by atoms with Crippen LogP contribution >= 0.6 is 0 Å². The van der Waals surface area contributed by atoms with Crippen molar-refractivity contribution in [2.45, 2.75) is 142 Å². The number of nitrogens with zero attached hydrogens (tertiary/aromatic N) is 1. The van der Waals surface area contributed by atoms with Gasteiger partial charge in [-0.2, -0.15) is 0 Å². The second kappa shape index (κ2) is 27.4. The number of hydrogen-bond acceptors (Lipinski definition) is 7. The van der Waals surface area contributed by atoms with Crippen LogP contribution in [0.5, 0.6) is 0 Å². The molecule has 0 N–H and O–H groups in total. The van der Waals surface area contributed by atoms with Crippen LogP contribution in [0, 0.1) is 0 Å². The van der Waals surface area contributed by atoms with Crippen molar-refractivity contribution in [2.24, 2.45) is 0 Å². The van der Waals surface area contributed by atoms with Gasteiger partial charge in [-0.3, -0.25) is 9.59 Å². The molecule has 8 nitrogen and oxygen atoms in total. The highest BCUT2D eigenvalue weighted by Crippen LogP contribution is 2.12. The molecule has 0 heterocycles. The van der Waals surface area contributed by atoms with E-state index in [1.54, 1.807) is 21.1 Å². The number of carboxylic acids is 1. The summed E-state index contributed by atoms with van der Waals surface area (Å²) >= 11 is 0. The van der Waals surface area contributed by atoms with E-state index in [2.05, 4.69) is 38.2 Å². The van der Waals surface area contributed by atoms with E-state index >= 15 is 0 Å². The molecule has 0 aliphatic heterocycles. The van der Waals surface area contributed by atoms with Gasteiger partial charge in [0.1, 0.15) is 12.6 Å². The molecule has 2 unspecified atom stereocenters. The lowest BCUT2D eigenvalue weighted by Crippen LogP contribution is -2.55. The summed E-state index contributed by atoms with van der Waals surface area (Å²) in [5.74, 6) is -1.78. The summed E-state index contributed by atoms with van der Waals surface area (Å²) in [7, 11) is 5.37. The summed E-state index contributed by atoms with van der Waals surface area (Å²) in [6.07, 6.45) is 25.0. The Labute approximate surface area is 262 Å². The van der Waals surface area contributed by atoms with Gasteiger partial charge in [0, 0.05) is 19.3 Å². The lowest BCUT2D eigenvalue weighted by Gasteiger charge is -2.34. The number of rotatable bonds is 29. The number of allylic oxidation sites excluding steroid dienone is 4. The number of hydrogen-bond donors (Lipinski definition) is 0. The average Bonchev–Trinajstić information content (AvgIpc) is 2.94. The van der Waals surface area contributed by atoms with Crippen molar-refractivity contribution in [3.63, 3.8) is 0 Å². The lowest BCUT2D eigenvalue weighted by molar-refractivity contribution is -0.889. The van der Waals surface area contributed by atoms with Crippen molar-refractivity contribution >= 4 is 17.9 Å². The summed E-state index contributed by atoms with van der Waals surface area (Å²) in [5.41, 5.74) is 0. The molecular formula is C35H63NO7. The van der Waals surface area contributed by atoms with Crippen LogP contribution in [0.25, 0.3) is 0 Å². The molecule has 0 bridgehead atoms. The molecule has 0 aromatic heterocycles. The minimum atomic E-state index is -1.13. The summed E-state index contributed by atoms with van der Waals surface area (Å²) in [6.45, 7) is 4.52. The van der Waals surface area contributed by atoms with E-state index in [9.17, 15) is 19.5 Å². The largest absolute Gasteiger partial charge is 0.544 e. The Morgan fingerprint density at radius 2 is 1.23 bits per heavy atom. The third-order valence-electron chi connectivity index (χ3n) is 7.37. The van der Waals surface area contributed by atoms with Crippen LogP contribution in [0.15, 0.2) is 24.3 Å². The maximum absolute atomic E-state index is 12.5. The standard InChI is InChI=1S/C35H63NO7/c1-6-8-10-12-14-16-17-18-20-21-23-25-33(37)42-30-31(29-41-28-27-32(35(39)40)36(3,4)5)43-34(38)26-24-22-19-15-13-11-9-7-2/h12,14,16-17,31-32H,6-11,13,15,18-30H2,1-5H3/b14-12+,17-16+. The topological polar surface area (TPSA) is 102 Å². The van der Waals surface area contributed by atoms with Crippen molar-refractivity contribution in [1.82, 2.24) is 0 Å². The first kappa shape index (κ1) is 40.8. The van der Waals surface area contributed by atoms with Crippen molar-refractivity contribution in [3.05, 3.63) is 24.3 Å². The number of quaternary nitrogens is 1. The van der Waals surface area contributed by atoms with Gasteiger partial charge in [-0.15, -0.1) is 0 Å². The number of unbranched alkanes of at least 4 members (excludes halogenated alkanes) is 12. The second-order valence-electron chi connectivity index (χ2n) is 12.4. The molecule has 2 atom stereocenters. The lowest BCUT2D eigenvalue weighted by atomic mass is 10.1. The van der Waals surface area contributed by atoms with Crippen LogP contribution in [0.2, 0.25) is 0 Å². The van der Waals surface area contributed by atoms with Gasteiger partial charge in [-0.05, 0) is 32.1 Å². The molecular weight excluding hydrogens is 546 g/mol. The number of likely N-dealkylation sites (N-methyl/N-ethyl adjacent to an activating group) is 1. The van der Waals surface area contributed by atoms with Crippen LogP contribution in [0.1, 0.15) is 129 Å². The van der Waals surface area contributed by atoms with Crippen molar-refractivity contribution in [3.8, 4) is 0 Å². The quantitative estimate of drug-likeness (QED) is 0.0415. The Morgan fingerprint density at radius 3 is 1.81 bits per heavy atom. The van der Waals surface area contributed by atoms with E-state index < -0.39 is 18.1 Å². The number of carboxylic acid groups (broad SMARTS) is 1. The van der Waals surface area contributed by atoms with Gasteiger partial charge >= 0.3 is 11.9 Å². The van der Waals surface area contributed by atoms with Crippen molar-refractivity contribution < 1.29 is 38.2 Å². The molecule has 0 aliphatic rings. The first-order chi connectivity index (χ1) is 20.6. The van der Waals surface area contributed by atoms with Gasteiger partial charge in [0.2, 0.25) is 0 Å². The molecule has 0 saturated carbocycles. The molecule has 0 fully saturated rings. The molecule has 0 amide bonds. The maximum Gasteiger partial charge on any atom is 0.306 e. The molecule has 43 heavy (non-hydrogen) atoms. The number of carbonyl (C=O) groups excluding carboxylic acids is 3. The fraction of sp³-hybridized carbons (Fsp3) is 0.800. The Morgan fingerprint density at radius 1 is 0.698 bits per heavy atom. The predicted octanol–water partition coefficient (Wildman–Crippen LogP) is 6.46. The highest BCUT2D eigenvalue weighted by atomic mass is 16.6. The van der Waals surface area contributed by atoms with E-state index in [1.807, 2.05) is 0 Å². The van der Waals surface area contributed by atoms with E-state index in [-0.39, 0.29) is 42.7 Å². The van der Waals surface area contributed by atoms with Crippen LogP contribution < -0.4 is 5.11 Å². The molecule has 8 heteroatoms. The molecule has 0 rings (SSSR count). The molecule has 0 saturated heterocycles. The summed E-state index contributed by atoms with van der Waals surface area (Å²) in [6, 6.07) is -0.724. The average molecular weight is 610 g/mol. The first-order valence-electron chi connectivity index (χ1n) is 16.9. The van der Waals surface area contributed by atoms with E-state index in [1.165, 1.54) is 44.9 Å². The minimum Gasteiger partial charge on any atom is -0.544 e. The van der Waals surface area contributed by atoms with Gasteiger partial charge in [-0.25, -0.2) is 0 Å². The zero-order chi connectivity index (χ0) is 32.2. The third kappa shape index (κ3) is 26.0. The monoisotopic (exact) mass is 609 g/mol. The Kier molecular flexibility index (Phi) is 26.0. The second-order valence-corrected chi connectivity index (χ2v) is 12.4. The zero-order valence-electron chi connectivity index (χ0n) is 28.1. The van der Waals surface area contributed by atoms with Crippen LogP contribution in [0.3, 0.4) is 0 Å². The fourth-order valence-electron chi connectivity index (χ4n) is 4.63. The fourth-order valence-corrected chi connectivity index (χ4v) is 4.63. The molecule has 250 valence electrons. The Hall–Kier alpha value is -2.19. The Bertz CT molecular complexity index is 773. The molecule has 0 radical (unpaired) electrons. The number of aliphatic carboxylic acids is 1. The summed E-state index contributed by atoms with van der Waals surface area (Å²) < 4.78 is 16.9. The molecule has 0 spiro atoms. The van der Waals surface area contributed by atoms with E-state index in [4.69, 9.17) is 14.2 Å². The predicted molar refractivity (Wildman–Crippen MR) is 171 cm³/mol. The van der Waals surface area contributed by atoms with Gasteiger partial charge in [-0.1, -0.05) is 102 Å². The van der Waals surface area contributed by atoms with Gasteiger partial charge in [0.25, 0.3) is 0 Å². The molecule has 0 aromatic rings. The third-order valence-corrected chi connectivity index (χ3v) is 7.37. The van der Waals surface area contributed by atoms with Crippen molar-refractivity contribution in [1.29, 1.82) is 0 Å². The highest BCUT2D eigenvalue weighted by Gasteiger charge is 2.25. The normalized spacial score (nSPS) is 13.4. The van der Waals surface area contributed by atoms with Crippen LogP contribution in [0.4, 0.5) is 0 Å². The van der Waals surface area contributed by atoms with Crippen molar-refractivity contribution in [2.75, 3.05) is 41.0 Å². The maximum atomic E-state index is 12.5. The molecule has 0 aromatic carbocycles. The molecule has 0 aliphatic carbocycles. The number of esters is 2. The minimum absolute atomic E-state index is 0.0343. The van der Waals surface area contributed by atoms with Gasteiger partial charge in [0.15, 0.2) is 6.10 Å². The Balaban J connectivity index is 4.52. The summed E-state index contributed by atoms with van der Waals surface area (Å²) in [5, 5.41) is 11.5. The SMILES string of the molecule is CCCC/C=C/C=C/CCCCCC(=O)OCC(COCCC(C(=O)[O-])[N+](C)(C)C)OC(=O)CCCCCCCCCC. The summed E-state index contributed by atoms with van der Waals surface area (Å²) in [4.78, 5) is 36.4. The highest BCUT2D eigenvalue weighted by molar-refractivity contribution is 5.70. The first-order valence-corrected chi connectivity index (χ1v) is 16.9. The number of carbonyl (C=O) groups is 3. The van der Waals surface area contributed by atoms with E-state index in [0.29, 0.717) is 12.8 Å². The zero-order valence-corrected chi connectivity index (χ0v) is 28.1. The van der Waals surface area contributed by atoms with Gasteiger partial charge < -0.3 is 28.6 Å².